The molecule has 0 aromatic heterocycles. The van der Waals surface area contributed by atoms with Crippen LogP contribution in [0.25, 0.3) is 0 Å². The second-order valence-corrected chi connectivity index (χ2v) is 6.27. The molecule has 0 unspecified atom stereocenters. The summed E-state index contributed by atoms with van der Waals surface area (Å²) < 4.78 is 55.9. The van der Waals surface area contributed by atoms with Gasteiger partial charge in [-0.1, -0.05) is 12.1 Å². The maximum Gasteiger partial charge on any atom is 0.149 e. The van der Waals surface area contributed by atoms with Crippen molar-refractivity contribution >= 4 is 11.4 Å². The molecule has 7 heteroatoms. The Labute approximate surface area is 144 Å². The standard InChI is InChI=1S/C18H21F4N3/c1-18(2,10-24-16-12(19)6-4-7-13(16)20)25(11-23-3)17-14(21)8-5-9-15(17)22/h4-9,23-24H,10-11H2,1-3H3. The van der Waals surface area contributed by atoms with Gasteiger partial charge in [-0.25, -0.2) is 17.6 Å². The van der Waals surface area contributed by atoms with Gasteiger partial charge in [-0.2, -0.15) is 0 Å². The van der Waals surface area contributed by atoms with E-state index in [2.05, 4.69) is 10.6 Å². The zero-order chi connectivity index (χ0) is 18.6. The van der Waals surface area contributed by atoms with E-state index >= 15 is 0 Å². The molecule has 0 bridgehead atoms. The van der Waals surface area contributed by atoms with Gasteiger partial charge in [0.1, 0.15) is 34.6 Å². The van der Waals surface area contributed by atoms with Crippen molar-refractivity contribution in [2.75, 3.05) is 30.5 Å². The summed E-state index contributed by atoms with van der Waals surface area (Å²) in [6.07, 6.45) is 0. The van der Waals surface area contributed by atoms with E-state index in [9.17, 15) is 17.6 Å². The second-order valence-electron chi connectivity index (χ2n) is 6.27. The third kappa shape index (κ3) is 4.22. The minimum absolute atomic E-state index is 0.0559. The van der Waals surface area contributed by atoms with Crippen LogP contribution in [0.15, 0.2) is 36.4 Å². The van der Waals surface area contributed by atoms with Gasteiger partial charge in [0.15, 0.2) is 0 Å². The molecular formula is C18H21F4N3. The SMILES string of the molecule is CNCN(c1c(F)cccc1F)C(C)(C)CNc1c(F)cccc1F. The zero-order valence-corrected chi connectivity index (χ0v) is 14.3. The van der Waals surface area contributed by atoms with Gasteiger partial charge in [0.05, 0.1) is 12.2 Å². The monoisotopic (exact) mass is 355 g/mol. The number of hydrogen-bond donors (Lipinski definition) is 2. The third-order valence-electron chi connectivity index (χ3n) is 3.91. The normalized spacial score (nSPS) is 11.5. The van der Waals surface area contributed by atoms with Crippen LogP contribution in [-0.2, 0) is 0 Å². The number of anilines is 2. The van der Waals surface area contributed by atoms with Crippen LogP contribution in [0.4, 0.5) is 28.9 Å². The summed E-state index contributed by atoms with van der Waals surface area (Å²) >= 11 is 0. The Balaban J connectivity index is 2.30. The van der Waals surface area contributed by atoms with E-state index in [0.29, 0.717) is 0 Å². The fourth-order valence-corrected chi connectivity index (χ4v) is 2.57. The number of rotatable bonds is 7. The highest BCUT2D eigenvalue weighted by Crippen LogP contribution is 2.30. The summed E-state index contributed by atoms with van der Waals surface area (Å²) in [5.41, 5.74) is -1.33. The Hall–Kier alpha value is -2.28. The first-order valence-corrected chi connectivity index (χ1v) is 7.82. The minimum Gasteiger partial charge on any atom is -0.378 e. The molecule has 0 aliphatic heterocycles. The summed E-state index contributed by atoms with van der Waals surface area (Å²) in [4.78, 5) is 1.48. The summed E-state index contributed by atoms with van der Waals surface area (Å²) in [6.45, 7) is 3.65. The van der Waals surface area contributed by atoms with E-state index in [1.54, 1.807) is 20.9 Å². The highest BCUT2D eigenvalue weighted by atomic mass is 19.1. The molecule has 0 saturated heterocycles. The number of hydrogen-bond acceptors (Lipinski definition) is 3. The van der Waals surface area contributed by atoms with Gasteiger partial charge >= 0.3 is 0 Å². The van der Waals surface area contributed by atoms with Crippen LogP contribution in [0.5, 0.6) is 0 Å². The largest absolute Gasteiger partial charge is 0.378 e. The van der Waals surface area contributed by atoms with Crippen molar-refractivity contribution in [2.45, 2.75) is 19.4 Å². The first-order valence-electron chi connectivity index (χ1n) is 7.82. The molecule has 0 heterocycles. The topological polar surface area (TPSA) is 27.3 Å². The quantitative estimate of drug-likeness (QED) is 0.578. The van der Waals surface area contributed by atoms with E-state index < -0.39 is 28.8 Å². The molecule has 0 aliphatic carbocycles. The third-order valence-corrected chi connectivity index (χ3v) is 3.91. The molecule has 0 radical (unpaired) electrons. The average Bonchev–Trinajstić information content (AvgIpc) is 2.53. The van der Waals surface area contributed by atoms with Crippen LogP contribution in [0.2, 0.25) is 0 Å². The van der Waals surface area contributed by atoms with Crippen LogP contribution in [-0.4, -0.2) is 25.8 Å². The van der Waals surface area contributed by atoms with E-state index in [4.69, 9.17) is 0 Å². The second kappa shape index (κ2) is 7.74. The molecule has 2 aromatic rings. The Morgan fingerprint density at radius 2 is 1.36 bits per heavy atom. The summed E-state index contributed by atoms with van der Waals surface area (Å²) in [5.74, 6) is -2.87. The molecule has 0 atom stereocenters. The van der Waals surface area contributed by atoms with E-state index in [0.717, 1.165) is 12.1 Å². The average molecular weight is 355 g/mol. The molecular weight excluding hydrogens is 334 g/mol. The number of nitrogens with zero attached hydrogens (tertiary/aromatic N) is 1. The predicted molar refractivity (Wildman–Crippen MR) is 91.7 cm³/mol. The van der Waals surface area contributed by atoms with Gasteiger partial charge in [0, 0.05) is 6.54 Å². The molecule has 0 aliphatic rings. The fraction of sp³-hybridized carbons (Fsp3) is 0.333. The van der Waals surface area contributed by atoms with Crippen molar-refractivity contribution < 1.29 is 17.6 Å². The number of benzene rings is 2. The van der Waals surface area contributed by atoms with Crippen molar-refractivity contribution in [3.8, 4) is 0 Å². The van der Waals surface area contributed by atoms with Gasteiger partial charge in [-0.15, -0.1) is 0 Å². The Morgan fingerprint density at radius 1 is 0.880 bits per heavy atom. The molecule has 0 amide bonds. The number of halogens is 4. The molecule has 0 spiro atoms. The van der Waals surface area contributed by atoms with Crippen LogP contribution < -0.4 is 15.5 Å². The van der Waals surface area contributed by atoms with Crippen LogP contribution in [0.3, 0.4) is 0 Å². The molecule has 25 heavy (non-hydrogen) atoms. The van der Waals surface area contributed by atoms with E-state index in [1.807, 2.05) is 0 Å². The van der Waals surface area contributed by atoms with Crippen molar-refractivity contribution in [3.63, 3.8) is 0 Å². The fourth-order valence-electron chi connectivity index (χ4n) is 2.57. The maximum atomic E-state index is 14.2. The smallest absolute Gasteiger partial charge is 0.149 e. The van der Waals surface area contributed by atoms with Crippen molar-refractivity contribution in [3.05, 3.63) is 59.7 Å². The van der Waals surface area contributed by atoms with Crippen molar-refractivity contribution in [1.29, 1.82) is 0 Å². The van der Waals surface area contributed by atoms with Gasteiger partial charge < -0.3 is 15.5 Å². The Kier molecular flexibility index (Phi) is 5.89. The lowest BCUT2D eigenvalue weighted by Gasteiger charge is -2.41. The lowest BCUT2D eigenvalue weighted by atomic mass is 10.0. The van der Waals surface area contributed by atoms with Gasteiger partial charge in [0.25, 0.3) is 0 Å². The lowest BCUT2D eigenvalue weighted by molar-refractivity contribution is 0.445. The zero-order valence-electron chi connectivity index (χ0n) is 14.3. The highest BCUT2D eigenvalue weighted by Gasteiger charge is 2.31. The number of para-hydroxylation sites is 2. The highest BCUT2D eigenvalue weighted by molar-refractivity contribution is 5.53. The van der Waals surface area contributed by atoms with Gasteiger partial charge in [-0.3, -0.25) is 0 Å². The number of nitrogens with one attached hydrogen (secondary N) is 2. The first-order chi connectivity index (χ1) is 11.8. The predicted octanol–water partition coefficient (Wildman–Crippen LogP) is 4.12. The van der Waals surface area contributed by atoms with E-state index in [1.165, 1.54) is 29.2 Å². The van der Waals surface area contributed by atoms with Gasteiger partial charge in [0.2, 0.25) is 0 Å². The summed E-state index contributed by atoms with van der Waals surface area (Å²) in [7, 11) is 1.64. The molecule has 2 aromatic carbocycles. The van der Waals surface area contributed by atoms with Crippen molar-refractivity contribution in [2.24, 2.45) is 0 Å². The molecule has 2 rings (SSSR count). The van der Waals surface area contributed by atoms with Crippen LogP contribution in [0, 0.1) is 23.3 Å². The first kappa shape index (κ1) is 19.1. The Morgan fingerprint density at radius 3 is 1.84 bits per heavy atom. The maximum absolute atomic E-state index is 14.2. The van der Waals surface area contributed by atoms with Crippen LogP contribution >= 0.6 is 0 Å². The van der Waals surface area contributed by atoms with Crippen LogP contribution in [0.1, 0.15) is 13.8 Å². The molecule has 0 fully saturated rings. The van der Waals surface area contributed by atoms with Crippen molar-refractivity contribution in [1.82, 2.24) is 5.32 Å². The lowest BCUT2D eigenvalue weighted by Crippen LogP contribution is -2.53. The molecule has 136 valence electrons. The van der Waals surface area contributed by atoms with Gasteiger partial charge in [-0.05, 0) is 45.2 Å². The molecule has 3 nitrogen and oxygen atoms in total. The Bertz CT molecular complexity index is 694. The molecule has 2 N–H and O–H groups in total. The minimum atomic E-state index is -0.860. The summed E-state index contributed by atoms with van der Waals surface area (Å²) in [5, 5.41) is 5.57. The summed E-state index contributed by atoms with van der Waals surface area (Å²) in [6, 6.07) is 7.16. The molecule has 0 saturated carbocycles. The van der Waals surface area contributed by atoms with E-state index in [-0.39, 0.29) is 24.6 Å².